The number of anilines is 1. The fourth-order valence-electron chi connectivity index (χ4n) is 2.40. The van der Waals surface area contributed by atoms with Crippen LogP contribution < -0.4 is 5.32 Å². The molecular weight excluding hydrogens is 436 g/mol. The van der Waals surface area contributed by atoms with Crippen LogP contribution in [0.15, 0.2) is 58.2 Å². The highest BCUT2D eigenvalue weighted by molar-refractivity contribution is 9.10. The summed E-state index contributed by atoms with van der Waals surface area (Å²) >= 11 is 11.0. The van der Waals surface area contributed by atoms with Crippen LogP contribution in [0.2, 0.25) is 5.02 Å². The minimum Gasteiger partial charge on any atom is -0.324 e. The number of hydrogen-bond donors (Lipinski definition) is 1. The second kappa shape index (κ2) is 8.70. The summed E-state index contributed by atoms with van der Waals surface area (Å²) in [6, 6.07) is 15.0. The van der Waals surface area contributed by atoms with Gasteiger partial charge in [-0.15, -0.1) is 10.2 Å². The van der Waals surface area contributed by atoms with Gasteiger partial charge in [-0.25, -0.2) is 0 Å². The van der Waals surface area contributed by atoms with E-state index in [2.05, 4.69) is 31.4 Å². The minimum absolute atomic E-state index is 0.105. The Morgan fingerprint density at radius 3 is 2.65 bits per heavy atom. The molecule has 26 heavy (non-hydrogen) atoms. The number of aromatic nitrogens is 3. The van der Waals surface area contributed by atoms with Crippen molar-refractivity contribution in [1.29, 1.82) is 0 Å². The van der Waals surface area contributed by atoms with E-state index in [1.54, 1.807) is 0 Å². The van der Waals surface area contributed by atoms with Gasteiger partial charge in [0, 0.05) is 16.6 Å². The average Bonchev–Trinajstić information content (AvgIpc) is 3.05. The van der Waals surface area contributed by atoms with Gasteiger partial charge in [-0.3, -0.25) is 4.79 Å². The maximum Gasteiger partial charge on any atom is 0.234 e. The number of hydrogen-bond acceptors (Lipinski definition) is 4. The van der Waals surface area contributed by atoms with Gasteiger partial charge < -0.3 is 9.88 Å². The van der Waals surface area contributed by atoms with Crippen LogP contribution in [0.25, 0.3) is 11.4 Å². The third kappa shape index (κ3) is 4.28. The second-order valence-electron chi connectivity index (χ2n) is 5.35. The molecule has 0 aliphatic rings. The normalized spacial score (nSPS) is 10.7. The lowest BCUT2D eigenvalue weighted by Gasteiger charge is -2.09. The molecule has 1 N–H and O–H groups in total. The summed E-state index contributed by atoms with van der Waals surface area (Å²) in [4.78, 5) is 12.2. The number of halogens is 2. The Kier molecular flexibility index (Phi) is 6.34. The maximum atomic E-state index is 12.2. The van der Waals surface area contributed by atoms with Gasteiger partial charge in [0.1, 0.15) is 0 Å². The van der Waals surface area contributed by atoms with Crippen molar-refractivity contribution in [2.24, 2.45) is 0 Å². The van der Waals surface area contributed by atoms with Crippen molar-refractivity contribution in [2.45, 2.75) is 18.6 Å². The van der Waals surface area contributed by atoms with Gasteiger partial charge >= 0.3 is 0 Å². The van der Waals surface area contributed by atoms with E-state index in [0.717, 1.165) is 15.7 Å². The molecule has 0 fully saturated rings. The van der Waals surface area contributed by atoms with Crippen LogP contribution >= 0.6 is 39.3 Å². The highest BCUT2D eigenvalue weighted by Gasteiger charge is 2.16. The molecule has 5 nitrogen and oxygen atoms in total. The molecule has 0 aliphatic heterocycles. The quantitative estimate of drug-likeness (QED) is 0.529. The van der Waals surface area contributed by atoms with Gasteiger partial charge in [-0.05, 0) is 47.1 Å². The van der Waals surface area contributed by atoms with Crippen LogP contribution in [0.5, 0.6) is 0 Å². The van der Waals surface area contributed by atoms with E-state index in [0.29, 0.717) is 22.5 Å². The molecule has 0 aliphatic carbocycles. The summed E-state index contributed by atoms with van der Waals surface area (Å²) in [6.07, 6.45) is 0. The Bertz CT molecular complexity index is 931. The molecule has 3 aromatic rings. The summed E-state index contributed by atoms with van der Waals surface area (Å²) < 4.78 is 2.80. The van der Waals surface area contributed by atoms with Crippen molar-refractivity contribution >= 4 is 50.9 Å². The SMILES string of the molecule is CCn1c(SCC(=O)Nc2ccccc2Br)nnc1-c1ccccc1Cl. The van der Waals surface area contributed by atoms with Gasteiger partial charge in [-0.2, -0.15) is 0 Å². The fraction of sp³-hybridized carbons (Fsp3) is 0.167. The molecule has 0 saturated carbocycles. The number of nitrogens with zero attached hydrogens (tertiary/aromatic N) is 3. The van der Waals surface area contributed by atoms with Crippen LogP contribution in [0, 0.1) is 0 Å². The van der Waals surface area contributed by atoms with Gasteiger partial charge in [0.25, 0.3) is 0 Å². The predicted octanol–water partition coefficient (Wildman–Crippen LogP) is 5.11. The van der Waals surface area contributed by atoms with Gasteiger partial charge in [0.15, 0.2) is 11.0 Å². The van der Waals surface area contributed by atoms with E-state index >= 15 is 0 Å². The summed E-state index contributed by atoms with van der Waals surface area (Å²) in [7, 11) is 0. The minimum atomic E-state index is -0.105. The first-order valence-corrected chi connectivity index (χ1v) is 10.1. The highest BCUT2D eigenvalue weighted by atomic mass is 79.9. The van der Waals surface area contributed by atoms with E-state index in [-0.39, 0.29) is 11.7 Å². The first-order chi connectivity index (χ1) is 12.6. The van der Waals surface area contributed by atoms with Crippen LogP contribution in [0.3, 0.4) is 0 Å². The Hall–Kier alpha value is -1.83. The van der Waals surface area contributed by atoms with Crippen molar-refractivity contribution in [3.05, 3.63) is 58.0 Å². The third-order valence-corrected chi connectivity index (χ3v) is 5.62. The average molecular weight is 452 g/mol. The van der Waals surface area contributed by atoms with Crippen molar-refractivity contribution in [3.8, 4) is 11.4 Å². The first kappa shape index (κ1) is 18.9. The molecule has 8 heteroatoms. The smallest absolute Gasteiger partial charge is 0.234 e. The van der Waals surface area contributed by atoms with E-state index < -0.39 is 0 Å². The number of nitrogens with one attached hydrogen (secondary N) is 1. The van der Waals surface area contributed by atoms with E-state index in [4.69, 9.17) is 11.6 Å². The fourth-order valence-corrected chi connectivity index (χ4v) is 3.81. The zero-order chi connectivity index (χ0) is 18.5. The zero-order valence-electron chi connectivity index (χ0n) is 13.9. The van der Waals surface area contributed by atoms with E-state index in [1.165, 1.54) is 11.8 Å². The number of para-hydroxylation sites is 1. The lowest BCUT2D eigenvalue weighted by atomic mass is 10.2. The molecule has 1 heterocycles. The van der Waals surface area contributed by atoms with Crippen LogP contribution in [-0.2, 0) is 11.3 Å². The topological polar surface area (TPSA) is 59.8 Å². The van der Waals surface area contributed by atoms with E-state index in [1.807, 2.05) is 60.0 Å². The summed E-state index contributed by atoms with van der Waals surface area (Å²) in [5.74, 6) is 0.834. The molecule has 0 radical (unpaired) electrons. The Morgan fingerprint density at radius 1 is 1.19 bits per heavy atom. The molecule has 2 aromatic carbocycles. The lowest BCUT2D eigenvalue weighted by molar-refractivity contribution is -0.113. The number of thioether (sulfide) groups is 1. The molecule has 0 unspecified atom stereocenters. The van der Waals surface area contributed by atoms with Gasteiger partial charge in [-0.1, -0.05) is 47.6 Å². The molecule has 3 rings (SSSR count). The van der Waals surface area contributed by atoms with Crippen LogP contribution in [0.4, 0.5) is 5.69 Å². The predicted molar refractivity (Wildman–Crippen MR) is 110 cm³/mol. The number of rotatable bonds is 6. The lowest BCUT2D eigenvalue weighted by Crippen LogP contribution is -2.15. The Labute approximate surface area is 169 Å². The molecule has 0 bridgehead atoms. The van der Waals surface area contributed by atoms with Crippen LogP contribution in [-0.4, -0.2) is 26.4 Å². The number of amides is 1. The van der Waals surface area contributed by atoms with Crippen molar-refractivity contribution < 1.29 is 4.79 Å². The van der Waals surface area contributed by atoms with E-state index in [9.17, 15) is 4.79 Å². The number of carbonyl (C=O) groups is 1. The Balaban J connectivity index is 1.72. The largest absolute Gasteiger partial charge is 0.324 e. The molecule has 1 amide bonds. The standard InChI is InChI=1S/C18H16BrClN4OS/c1-2-24-17(12-7-3-5-9-14(12)20)22-23-18(24)26-11-16(25)21-15-10-6-4-8-13(15)19/h3-10H,2,11H2,1H3,(H,21,25). The molecule has 0 saturated heterocycles. The molecule has 134 valence electrons. The van der Waals surface area contributed by atoms with Gasteiger partial charge in [0.2, 0.25) is 5.91 Å². The molecular formula is C18H16BrClN4OS. The van der Waals surface area contributed by atoms with Crippen LogP contribution in [0.1, 0.15) is 6.92 Å². The third-order valence-electron chi connectivity index (χ3n) is 3.63. The van der Waals surface area contributed by atoms with Crippen molar-refractivity contribution in [3.63, 3.8) is 0 Å². The summed E-state index contributed by atoms with van der Waals surface area (Å²) in [5, 5.41) is 12.7. The zero-order valence-corrected chi connectivity index (χ0v) is 17.1. The summed E-state index contributed by atoms with van der Waals surface area (Å²) in [6.45, 7) is 2.69. The Morgan fingerprint density at radius 2 is 1.92 bits per heavy atom. The van der Waals surface area contributed by atoms with Crippen molar-refractivity contribution in [2.75, 3.05) is 11.1 Å². The second-order valence-corrected chi connectivity index (χ2v) is 7.55. The van der Waals surface area contributed by atoms with Gasteiger partial charge in [0.05, 0.1) is 16.5 Å². The monoisotopic (exact) mass is 450 g/mol. The maximum absolute atomic E-state index is 12.2. The highest BCUT2D eigenvalue weighted by Crippen LogP contribution is 2.29. The molecule has 0 spiro atoms. The summed E-state index contributed by atoms with van der Waals surface area (Å²) in [5.41, 5.74) is 1.57. The van der Waals surface area contributed by atoms with Crippen molar-refractivity contribution in [1.82, 2.24) is 14.8 Å². The first-order valence-electron chi connectivity index (χ1n) is 7.95. The number of benzene rings is 2. The number of carbonyl (C=O) groups excluding carboxylic acids is 1. The molecule has 0 atom stereocenters. The molecule has 1 aromatic heterocycles.